The highest BCUT2D eigenvalue weighted by Gasteiger charge is 2.72. The van der Waals surface area contributed by atoms with Crippen LogP contribution in [0, 0.1) is 0 Å². The molecule has 2 saturated heterocycles. The van der Waals surface area contributed by atoms with Crippen LogP contribution in [0.3, 0.4) is 0 Å². The Bertz CT molecular complexity index is 628. The van der Waals surface area contributed by atoms with Crippen molar-refractivity contribution >= 4 is 70.9 Å². The van der Waals surface area contributed by atoms with Crippen LogP contribution in [0.4, 0.5) is 4.79 Å². The lowest BCUT2D eigenvalue weighted by atomic mass is 9.91. The SMILES string of the molecule is CC1(C)S[C@H]2N(C(=O)[C@@]2(NC=O)NC(=O)OCC(Cl)(Cl)Cl)[C@H]1C(=O)O. The zero-order valence-electron chi connectivity index (χ0n) is 12.9. The number of amides is 3. The van der Waals surface area contributed by atoms with Gasteiger partial charge in [0.2, 0.25) is 15.9 Å². The molecule has 3 amide bonds. The number of alkyl halides is 3. The first-order valence-electron chi connectivity index (χ1n) is 6.82. The first-order valence-corrected chi connectivity index (χ1v) is 8.83. The van der Waals surface area contributed by atoms with Crippen molar-refractivity contribution in [3.8, 4) is 0 Å². The van der Waals surface area contributed by atoms with Crippen molar-refractivity contribution in [2.24, 2.45) is 0 Å². The summed E-state index contributed by atoms with van der Waals surface area (Å²) in [4.78, 5) is 48.1. The van der Waals surface area contributed by atoms with Gasteiger partial charge < -0.3 is 20.1 Å². The molecule has 9 nitrogen and oxygen atoms in total. The summed E-state index contributed by atoms with van der Waals surface area (Å²) < 4.78 is 2.01. The van der Waals surface area contributed by atoms with Gasteiger partial charge in [-0.1, -0.05) is 34.8 Å². The topological polar surface area (TPSA) is 125 Å². The van der Waals surface area contributed by atoms with Gasteiger partial charge in [-0.25, -0.2) is 9.59 Å². The molecule has 0 spiro atoms. The number of carboxylic acids is 1. The van der Waals surface area contributed by atoms with Gasteiger partial charge in [-0.05, 0) is 13.8 Å². The van der Waals surface area contributed by atoms with Crippen molar-refractivity contribution in [2.45, 2.75) is 39.5 Å². The van der Waals surface area contributed by atoms with Gasteiger partial charge in [0.25, 0.3) is 5.91 Å². The van der Waals surface area contributed by atoms with Gasteiger partial charge in [0.1, 0.15) is 18.0 Å². The van der Waals surface area contributed by atoms with Crippen LogP contribution >= 0.6 is 46.6 Å². The molecule has 0 radical (unpaired) electrons. The van der Waals surface area contributed by atoms with Crippen LogP contribution in [-0.2, 0) is 19.1 Å². The highest BCUT2D eigenvalue weighted by molar-refractivity contribution is 8.01. The summed E-state index contributed by atoms with van der Waals surface area (Å²) in [5.41, 5.74) is -1.83. The van der Waals surface area contributed by atoms with Crippen LogP contribution < -0.4 is 10.6 Å². The first-order chi connectivity index (χ1) is 11.4. The minimum absolute atomic E-state index is 0.228. The molecule has 2 rings (SSSR count). The van der Waals surface area contributed by atoms with Gasteiger partial charge in [0.05, 0.1) is 0 Å². The number of halogens is 3. The van der Waals surface area contributed by atoms with Gasteiger partial charge in [0.15, 0.2) is 0 Å². The number of nitrogens with one attached hydrogen (secondary N) is 2. The average molecular weight is 435 g/mol. The van der Waals surface area contributed by atoms with Crippen LogP contribution in [0.5, 0.6) is 0 Å². The predicted octanol–water partition coefficient (Wildman–Crippen LogP) is 0.672. The summed E-state index contributed by atoms with van der Waals surface area (Å²) in [7, 11) is 0. The third-order valence-electron chi connectivity index (χ3n) is 3.73. The van der Waals surface area contributed by atoms with Gasteiger partial charge in [-0.2, -0.15) is 0 Å². The molecule has 25 heavy (non-hydrogen) atoms. The number of rotatable bonds is 5. The number of nitrogens with zero attached hydrogens (tertiary/aromatic N) is 1. The summed E-state index contributed by atoms with van der Waals surface area (Å²) in [5.74, 6) is -1.97. The van der Waals surface area contributed by atoms with Gasteiger partial charge in [-0.15, -0.1) is 11.8 Å². The Morgan fingerprint density at radius 3 is 2.52 bits per heavy atom. The molecular formula is C12H14Cl3N3O6S. The molecule has 0 bridgehead atoms. The van der Waals surface area contributed by atoms with Crippen LogP contribution in [-0.4, -0.2) is 66.6 Å². The fraction of sp³-hybridized carbons (Fsp3) is 0.667. The Labute approximate surface area is 161 Å². The molecule has 0 aromatic rings. The number of fused-ring (bicyclic) bond motifs is 1. The first kappa shape index (κ1) is 20.2. The number of alkyl carbamates (subject to hydrolysis) is 1. The maximum atomic E-state index is 12.6. The van der Waals surface area contributed by atoms with Crippen LogP contribution in [0.1, 0.15) is 13.8 Å². The number of carboxylic acid groups (broad SMARTS) is 1. The van der Waals surface area contributed by atoms with E-state index in [4.69, 9.17) is 39.5 Å². The van der Waals surface area contributed by atoms with E-state index in [2.05, 4.69) is 10.6 Å². The Morgan fingerprint density at radius 1 is 1.44 bits per heavy atom. The molecule has 2 heterocycles. The third kappa shape index (κ3) is 3.57. The molecular weight excluding hydrogens is 421 g/mol. The van der Waals surface area contributed by atoms with Crippen molar-refractivity contribution in [3.63, 3.8) is 0 Å². The van der Waals surface area contributed by atoms with E-state index in [-0.39, 0.29) is 6.41 Å². The number of aliphatic carboxylic acids is 1. The fourth-order valence-electron chi connectivity index (χ4n) is 2.78. The van der Waals surface area contributed by atoms with E-state index in [9.17, 15) is 24.3 Å². The number of ether oxygens (including phenoxy) is 1. The van der Waals surface area contributed by atoms with Crippen LogP contribution in [0.2, 0.25) is 0 Å². The molecule has 0 unspecified atom stereocenters. The zero-order valence-corrected chi connectivity index (χ0v) is 16.0. The Balaban J connectivity index is 2.22. The maximum Gasteiger partial charge on any atom is 0.409 e. The zero-order chi connectivity index (χ0) is 19.2. The quantitative estimate of drug-likeness (QED) is 0.251. The second-order valence-corrected chi connectivity index (χ2v) is 10.2. The van der Waals surface area contributed by atoms with Crippen molar-refractivity contribution in [3.05, 3.63) is 0 Å². The van der Waals surface area contributed by atoms with Gasteiger partial charge in [-0.3, -0.25) is 14.9 Å². The lowest BCUT2D eigenvalue weighted by Crippen LogP contribution is -2.84. The van der Waals surface area contributed by atoms with E-state index in [1.54, 1.807) is 13.8 Å². The van der Waals surface area contributed by atoms with Gasteiger partial charge in [0, 0.05) is 4.75 Å². The monoisotopic (exact) mass is 433 g/mol. The summed E-state index contributed by atoms with van der Waals surface area (Å²) >= 11 is 17.6. The molecule has 13 heteroatoms. The largest absolute Gasteiger partial charge is 0.480 e. The molecule has 2 aliphatic heterocycles. The summed E-state index contributed by atoms with van der Waals surface area (Å²) in [5, 5.41) is 13.0. The summed E-state index contributed by atoms with van der Waals surface area (Å²) in [6, 6.07) is -1.12. The van der Waals surface area contributed by atoms with Gasteiger partial charge >= 0.3 is 12.1 Å². The minimum Gasteiger partial charge on any atom is -0.480 e. The van der Waals surface area contributed by atoms with Crippen LogP contribution in [0.25, 0.3) is 0 Å². The highest BCUT2D eigenvalue weighted by Crippen LogP contribution is 2.53. The highest BCUT2D eigenvalue weighted by atomic mass is 35.6. The summed E-state index contributed by atoms with van der Waals surface area (Å²) in [6.45, 7) is 2.71. The lowest BCUT2D eigenvalue weighted by molar-refractivity contribution is -0.170. The molecule has 3 N–H and O–H groups in total. The number of carbonyl (C=O) groups is 4. The van der Waals surface area contributed by atoms with Crippen molar-refractivity contribution < 1.29 is 29.0 Å². The van der Waals surface area contributed by atoms with E-state index < -0.39 is 50.2 Å². The van der Waals surface area contributed by atoms with Crippen molar-refractivity contribution in [1.82, 2.24) is 15.5 Å². The molecule has 0 aliphatic carbocycles. The minimum atomic E-state index is -1.85. The number of thioether (sulfide) groups is 1. The Morgan fingerprint density at radius 2 is 2.04 bits per heavy atom. The van der Waals surface area contributed by atoms with Crippen LogP contribution in [0.15, 0.2) is 0 Å². The number of β-lactam (4-membered cyclic amide) rings is 1. The standard InChI is InChI=1S/C12H14Cl3N3O6S/c1-10(2)5(6(20)21)18-7(22)12(16-4-19,8(18)25-10)17-9(23)24-3-11(13,14)15/h4-5,8H,3H2,1-2H3,(H,16,19)(H,17,23)(H,20,21)/t5-,8+,12+/m0/s1. The molecule has 0 aromatic carbocycles. The molecule has 140 valence electrons. The van der Waals surface area contributed by atoms with E-state index >= 15 is 0 Å². The Kier molecular flexibility index (Phi) is 5.31. The molecule has 0 aromatic heterocycles. The molecule has 2 aliphatic rings. The molecule has 3 atom stereocenters. The lowest BCUT2D eigenvalue weighted by Gasteiger charge is -2.51. The van der Waals surface area contributed by atoms with Crippen molar-refractivity contribution in [2.75, 3.05) is 6.61 Å². The number of hydrogen-bond acceptors (Lipinski definition) is 6. The van der Waals surface area contributed by atoms with E-state index in [0.717, 1.165) is 16.7 Å². The van der Waals surface area contributed by atoms with E-state index in [1.165, 1.54) is 0 Å². The third-order valence-corrected chi connectivity index (χ3v) is 5.70. The van der Waals surface area contributed by atoms with Crippen molar-refractivity contribution in [1.29, 1.82) is 0 Å². The van der Waals surface area contributed by atoms with E-state index in [0.29, 0.717) is 0 Å². The molecule has 0 saturated carbocycles. The van der Waals surface area contributed by atoms with E-state index in [1.807, 2.05) is 0 Å². The number of carbonyl (C=O) groups excluding carboxylic acids is 3. The second-order valence-electron chi connectivity index (χ2n) is 5.91. The number of hydrogen-bond donors (Lipinski definition) is 3. The second kappa shape index (κ2) is 6.57. The fourth-order valence-corrected chi connectivity index (χ4v) is 4.60. The Hall–Kier alpha value is -1.10. The molecule has 2 fully saturated rings. The normalized spacial score (nSPS) is 30.1. The maximum absolute atomic E-state index is 12.6. The summed E-state index contributed by atoms with van der Waals surface area (Å²) in [6.07, 6.45) is -0.877. The average Bonchev–Trinajstić information content (AvgIpc) is 2.73. The predicted molar refractivity (Wildman–Crippen MR) is 90.4 cm³/mol. The smallest absolute Gasteiger partial charge is 0.409 e.